The monoisotopic (exact) mass is 244 g/mol. The third-order valence-electron chi connectivity index (χ3n) is 2.03. The lowest BCUT2D eigenvalue weighted by Crippen LogP contribution is -2.33. The number of halogens is 4. The van der Waals surface area contributed by atoms with Crippen LogP contribution in [0.15, 0.2) is 0 Å². The van der Waals surface area contributed by atoms with Gasteiger partial charge in [0.15, 0.2) is 0 Å². The molecule has 0 bridgehead atoms. The lowest BCUT2D eigenvalue weighted by Gasteiger charge is -2.25. The van der Waals surface area contributed by atoms with E-state index in [1.807, 2.05) is 0 Å². The number of carbonyl (C=O) groups excluding carboxylic acids is 1. The van der Waals surface area contributed by atoms with Gasteiger partial charge in [0.25, 0.3) is 0 Å². The zero-order valence-electron chi connectivity index (χ0n) is 6.20. The second-order valence-corrected chi connectivity index (χ2v) is 4.06. The Bertz CT molecular complexity index is 190. The van der Waals surface area contributed by atoms with E-state index in [0.29, 0.717) is 6.42 Å². The van der Waals surface area contributed by atoms with Crippen molar-refractivity contribution in [1.29, 1.82) is 0 Å². The molecular formula is C7H8BrF3O. The van der Waals surface area contributed by atoms with Gasteiger partial charge < -0.3 is 0 Å². The molecule has 0 heterocycles. The molecule has 0 aliphatic heterocycles. The molecule has 0 aromatic rings. The molecule has 0 amide bonds. The number of ketones is 1. The third-order valence-corrected chi connectivity index (χ3v) is 3.00. The van der Waals surface area contributed by atoms with Gasteiger partial charge in [0.2, 0.25) is 0 Å². The van der Waals surface area contributed by atoms with E-state index in [0.717, 1.165) is 0 Å². The van der Waals surface area contributed by atoms with Gasteiger partial charge in [0, 0.05) is 6.42 Å². The molecule has 0 N–H and O–H groups in total. The van der Waals surface area contributed by atoms with Crippen molar-refractivity contribution in [3.05, 3.63) is 0 Å². The van der Waals surface area contributed by atoms with Gasteiger partial charge in [-0.3, -0.25) is 4.79 Å². The molecule has 1 aliphatic rings. The van der Waals surface area contributed by atoms with Gasteiger partial charge in [-0.15, -0.1) is 0 Å². The van der Waals surface area contributed by atoms with Gasteiger partial charge in [0.05, 0.1) is 10.7 Å². The van der Waals surface area contributed by atoms with Gasteiger partial charge in [-0.25, -0.2) is 0 Å². The van der Waals surface area contributed by atoms with Crippen molar-refractivity contribution in [1.82, 2.24) is 0 Å². The second kappa shape index (κ2) is 3.36. The lowest BCUT2D eigenvalue weighted by molar-refractivity contribution is -0.183. The zero-order valence-corrected chi connectivity index (χ0v) is 7.78. The minimum absolute atomic E-state index is 0.0607. The maximum absolute atomic E-state index is 12.1. The predicted molar refractivity (Wildman–Crippen MR) is 41.1 cm³/mol. The van der Waals surface area contributed by atoms with E-state index in [-0.39, 0.29) is 23.5 Å². The molecule has 1 saturated carbocycles. The van der Waals surface area contributed by atoms with Crippen LogP contribution in [0.25, 0.3) is 0 Å². The van der Waals surface area contributed by atoms with E-state index in [1.165, 1.54) is 0 Å². The summed E-state index contributed by atoms with van der Waals surface area (Å²) in [5.74, 6) is -1.75. The van der Waals surface area contributed by atoms with Gasteiger partial charge in [-0.2, -0.15) is 13.2 Å². The van der Waals surface area contributed by atoms with Crippen molar-refractivity contribution in [2.24, 2.45) is 5.92 Å². The molecule has 5 heteroatoms. The summed E-state index contributed by atoms with van der Waals surface area (Å²) in [6, 6.07) is 0. The van der Waals surface area contributed by atoms with Crippen LogP contribution in [-0.4, -0.2) is 16.8 Å². The molecule has 1 fully saturated rings. The van der Waals surface area contributed by atoms with Crippen molar-refractivity contribution < 1.29 is 18.0 Å². The molecule has 2 unspecified atom stereocenters. The summed E-state index contributed by atoms with van der Waals surface area (Å²) in [6.45, 7) is 0. The largest absolute Gasteiger partial charge is 0.392 e. The van der Waals surface area contributed by atoms with Crippen molar-refractivity contribution in [2.45, 2.75) is 30.3 Å². The van der Waals surface area contributed by atoms with Crippen LogP contribution in [0.4, 0.5) is 13.2 Å². The molecule has 1 rings (SSSR count). The molecule has 1 nitrogen and oxygen atoms in total. The first-order valence-electron chi connectivity index (χ1n) is 3.64. The van der Waals surface area contributed by atoms with E-state index in [1.54, 1.807) is 0 Å². The van der Waals surface area contributed by atoms with Crippen molar-refractivity contribution >= 4 is 21.7 Å². The Hall–Kier alpha value is -0.0600. The van der Waals surface area contributed by atoms with Crippen LogP contribution in [0.2, 0.25) is 0 Å². The maximum Gasteiger partial charge on any atom is 0.392 e. The molecular weight excluding hydrogens is 237 g/mol. The highest BCUT2D eigenvalue weighted by atomic mass is 79.9. The highest BCUT2D eigenvalue weighted by Gasteiger charge is 2.43. The maximum atomic E-state index is 12.1. The average molecular weight is 245 g/mol. The lowest BCUT2D eigenvalue weighted by atomic mass is 9.88. The third kappa shape index (κ3) is 2.21. The van der Waals surface area contributed by atoms with Gasteiger partial charge in [-0.1, -0.05) is 15.9 Å². The minimum Gasteiger partial charge on any atom is -0.298 e. The van der Waals surface area contributed by atoms with Gasteiger partial charge >= 0.3 is 6.18 Å². The van der Waals surface area contributed by atoms with Crippen LogP contribution in [0.1, 0.15) is 19.3 Å². The molecule has 1 aliphatic carbocycles. The Morgan fingerprint density at radius 1 is 1.33 bits per heavy atom. The van der Waals surface area contributed by atoms with Crippen LogP contribution < -0.4 is 0 Å². The number of alkyl halides is 4. The SMILES string of the molecule is O=C1CC(C(F)(F)F)CCC1Br. The van der Waals surface area contributed by atoms with Crippen molar-refractivity contribution in [3.8, 4) is 0 Å². The van der Waals surface area contributed by atoms with E-state index < -0.39 is 12.1 Å². The summed E-state index contributed by atoms with van der Waals surface area (Å²) in [5.41, 5.74) is 0. The predicted octanol–water partition coefficient (Wildman–Crippen LogP) is 2.68. The first-order valence-corrected chi connectivity index (χ1v) is 4.56. The highest BCUT2D eigenvalue weighted by molar-refractivity contribution is 9.10. The Kier molecular flexibility index (Phi) is 2.81. The zero-order chi connectivity index (χ0) is 9.35. The topological polar surface area (TPSA) is 17.1 Å². The van der Waals surface area contributed by atoms with Gasteiger partial charge in [0.1, 0.15) is 5.78 Å². The summed E-state index contributed by atoms with van der Waals surface area (Å²) in [5, 5.41) is 0. The highest BCUT2D eigenvalue weighted by Crippen LogP contribution is 2.37. The summed E-state index contributed by atoms with van der Waals surface area (Å²) in [6.07, 6.45) is -4.21. The molecule has 12 heavy (non-hydrogen) atoms. The number of hydrogen-bond donors (Lipinski definition) is 0. The van der Waals surface area contributed by atoms with E-state index in [4.69, 9.17) is 0 Å². The molecule has 0 saturated heterocycles. The Morgan fingerprint density at radius 2 is 1.92 bits per heavy atom. The average Bonchev–Trinajstić information content (AvgIpc) is 1.92. The quantitative estimate of drug-likeness (QED) is 0.599. The summed E-state index contributed by atoms with van der Waals surface area (Å²) in [4.78, 5) is 10.5. The minimum atomic E-state index is -4.21. The number of hydrogen-bond acceptors (Lipinski definition) is 1. The van der Waals surface area contributed by atoms with Crippen LogP contribution in [0.3, 0.4) is 0 Å². The van der Waals surface area contributed by atoms with Crippen LogP contribution in [0.5, 0.6) is 0 Å². The normalized spacial score (nSPS) is 32.2. The first kappa shape index (κ1) is 10.0. The van der Waals surface area contributed by atoms with E-state index in [2.05, 4.69) is 15.9 Å². The number of Topliss-reactive ketones (excluding diaryl/α,β-unsaturated/α-hetero) is 1. The van der Waals surface area contributed by atoms with Crippen molar-refractivity contribution in [3.63, 3.8) is 0 Å². The summed E-state index contributed by atoms with van der Waals surface area (Å²) >= 11 is 3.03. The Morgan fingerprint density at radius 3 is 2.33 bits per heavy atom. The Labute approximate surface area is 76.4 Å². The fraction of sp³-hybridized carbons (Fsp3) is 0.857. The van der Waals surface area contributed by atoms with E-state index in [9.17, 15) is 18.0 Å². The fourth-order valence-corrected chi connectivity index (χ4v) is 1.71. The Balaban J connectivity index is 2.57. The standard InChI is InChI=1S/C7H8BrF3O/c8-5-2-1-4(3-6(5)12)7(9,10)11/h4-5H,1-3H2. The van der Waals surface area contributed by atoms with Crippen LogP contribution in [-0.2, 0) is 4.79 Å². The number of rotatable bonds is 0. The summed E-state index contributed by atoms with van der Waals surface area (Å²) < 4.78 is 36.2. The molecule has 0 aromatic heterocycles. The molecule has 0 aromatic carbocycles. The number of carbonyl (C=O) groups is 1. The molecule has 0 radical (unpaired) electrons. The second-order valence-electron chi connectivity index (χ2n) is 2.95. The summed E-state index contributed by atoms with van der Waals surface area (Å²) in [7, 11) is 0. The van der Waals surface area contributed by atoms with Crippen LogP contribution in [0, 0.1) is 5.92 Å². The fourth-order valence-electron chi connectivity index (χ4n) is 1.26. The van der Waals surface area contributed by atoms with Gasteiger partial charge in [-0.05, 0) is 12.8 Å². The molecule has 0 spiro atoms. The van der Waals surface area contributed by atoms with E-state index >= 15 is 0 Å². The van der Waals surface area contributed by atoms with Crippen molar-refractivity contribution in [2.75, 3.05) is 0 Å². The van der Waals surface area contributed by atoms with Crippen LogP contribution >= 0.6 is 15.9 Å². The molecule has 2 atom stereocenters. The molecule has 70 valence electrons. The first-order chi connectivity index (χ1) is 5.41. The smallest absolute Gasteiger partial charge is 0.298 e.